The highest BCUT2D eigenvalue weighted by atomic mass is 35.5. The number of aromatic nitrogens is 1. The van der Waals surface area contributed by atoms with Gasteiger partial charge in [-0.1, -0.05) is 17.7 Å². The van der Waals surface area contributed by atoms with Crippen molar-refractivity contribution in [1.29, 1.82) is 0 Å². The van der Waals surface area contributed by atoms with Gasteiger partial charge in [0.15, 0.2) is 0 Å². The van der Waals surface area contributed by atoms with Gasteiger partial charge in [0.2, 0.25) is 0 Å². The molecule has 0 aromatic carbocycles. The lowest BCUT2D eigenvalue weighted by molar-refractivity contribution is 0.318. The summed E-state index contributed by atoms with van der Waals surface area (Å²) in [7, 11) is 2.04. The molecule has 0 radical (unpaired) electrons. The summed E-state index contributed by atoms with van der Waals surface area (Å²) < 4.78 is 0. The van der Waals surface area contributed by atoms with E-state index in [9.17, 15) is 0 Å². The van der Waals surface area contributed by atoms with Crippen LogP contribution in [0.1, 0.15) is 10.6 Å². The van der Waals surface area contributed by atoms with Gasteiger partial charge in [0.25, 0.3) is 0 Å². The van der Waals surface area contributed by atoms with Gasteiger partial charge in [-0.05, 0) is 30.6 Å². The van der Waals surface area contributed by atoms with E-state index in [-0.39, 0.29) is 0 Å². The van der Waals surface area contributed by atoms with E-state index in [1.165, 1.54) is 4.88 Å². The number of hydrogen-bond donors (Lipinski definition) is 1. The van der Waals surface area contributed by atoms with Crippen LogP contribution in [-0.4, -0.2) is 16.9 Å². The number of hydrogen-bond acceptors (Lipinski definition) is 4. The van der Waals surface area contributed by atoms with Crippen LogP contribution < -0.4 is 5.73 Å². The highest BCUT2D eigenvalue weighted by Gasteiger charge is 2.07. The van der Waals surface area contributed by atoms with Crippen molar-refractivity contribution in [2.45, 2.75) is 13.1 Å². The van der Waals surface area contributed by atoms with E-state index in [2.05, 4.69) is 27.4 Å². The molecule has 0 saturated heterocycles. The lowest BCUT2D eigenvalue weighted by atomic mass is 10.3. The van der Waals surface area contributed by atoms with E-state index in [1.54, 1.807) is 23.5 Å². The fraction of sp³-hybridized carbons (Fsp3) is 0.250. The summed E-state index contributed by atoms with van der Waals surface area (Å²) in [5, 5.41) is 2.74. The molecule has 3 nitrogen and oxygen atoms in total. The molecule has 2 rings (SSSR count). The first kappa shape index (κ1) is 12.4. The fourth-order valence-electron chi connectivity index (χ4n) is 1.59. The summed E-state index contributed by atoms with van der Waals surface area (Å²) in [6.07, 6.45) is 0. The zero-order valence-electron chi connectivity index (χ0n) is 9.56. The normalized spacial score (nSPS) is 11.0. The zero-order valence-corrected chi connectivity index (χ0v) is 11.1. The average molecular weight is 268 g/mol. The Morgan fingerprint density at radius 1 is 1.35 bits per heavy atom. The third kappa shape index (κ3) is 3.43. The Morgan fingerprint density at radius 2 is 2.18 bits per heavy atom. The molecule has 0 unspecified atom stereocenters. The second-order valence-electron chi connectivity index (χ2n) is 3.92. The van der Waals surface area contributed by atoms with Crippen molar-refractivity contribution in [3.05, 3.63) is 45.2 Å². The predicted molar refractivity (Wildman–Crippen MR) is 73.1 cm³/mol. The standard InChI is InChI=1S/C12H14ClN3S/c1-16(7-9-3-2-6-17-9)8-11-10(13)4-5-12(14)15-11/h2-6H,7-8H2,1H3,(H2,14,15). The van der Waals surface area contributed by atoms with Gasteiger partial charge in [-0.25, -0.2) is 4.98 Å². The van der Waals surface area contributed by atoms with Crippen molar-refractivity contribution >= 4 is 28.8 Å². The topological polar surface area (TPSA) is 42.2 Å². The van der Waals surface area contributed by atoms with Crippen LogP contribution >= 0.6 is 22.9 Å². The summed E-state index contributed by atoms with van der Waals surface area (Å²) in [6.45, 7) is 1.59. The number of thiophene rings is 1. The molecule has 0 saturated carbocycles. The fourth-order valence-corrected chi connectivity index (χ4v) is 2.54. The quantitative estimate of drug-likeness (QED) is 0.926. The minimum Gasteiger partial charge on any atom is -0.384 e. The number of nitrogens with two attached hydrogens (primary N) is 1. The predicted octanol–water partition coefficient (Wildman–Crippen LogP) is 3.01. The lowest BCUT2D eigenvalue weighted by Gasteiger charge is -2.16. The number of pyridine rings is 1. The van der Waals surface area contributed by atoms with Gasteiger partial charge in [-0.15, -0.1) is 11.3 Å². The molecule has 2 aromatic heterocycles. The Labute approximate surface area is 110 Å². The number of rotatable bonds is 4. The molecule has 2 aromatic rings. The molecule has 2 heterocycles. The molecule has 17 heavy (non-hydrogen) atoms. The molecule has 0 spiro atoms. The smallest absolute Gasteiger partial charge is 0.123 e. The van der Waals surface area contributed by atoms with Crippen molar-refractivity contribution in [2.24, 2.45) is 0 Å². The second-order valence-corrected chi connectivity index (χ2v) is 5.36. The second kappa shape index (κ2) is 5.49. The number of anilines is 1. The molecule has 0 atom stereocenters. The van der Waals surface area contributed by atoms with Gasteiger partial charge in [-0.2, -0.15) is 0 Å². The van der Waals surface area contributed by atoms with Crippen LogP contribution in [0, 0.1) is 0 Å². The molecular formula is C12H14ClN3S. The first-order chi connectivity index (χ1) is 8.15. The van der Waals surface area contributed by atoms with Crippen LogP contribution in [0.25, 0.3) is 0 Å². The minimum absolute atomic E-state index is 0.508. The molecule has 0 aliphatic rings. The van der Waals surface area contributed by atoms with Crippen LogP contribution in [-0.2, 0) is 13.1 Å². The summed E-state index contributed by atoms with van der Waals surface area (Å²) in [5.41, 5.74) is 6.48. The minimum atomic E-state index is 0.508. The Morgan fingerprint density at radius 3 is 2.88 bits per heavy atom. The summed E-state index contributed by atoms with van der Waals surface area (Å²) >= 11 is 7.83. The van der Waals surface area contributed by atoms with Gasteiger partial charge in [0, 0.05) is 18.0 Å². The molecule has 90 valence electrons. The van der Waals surface area contributed by atoms with Gasteiger partial charge >= 0.3 is 0 Å². The summed E-state index contributed by atoms with van der Waals surface area (Å²) in [6, 6.07) is 7.68. The highest BCUT2D eigenvalue weighted by molar-refractivity contribution is 7.09. The van der Waals surface area contributed by atoms with Crippen LogP contribution in [0.5, 0.6) is 0 Å². The largest absolute Gasteiger partial charge is 0.384 e. The number of nitrogen functional groups attached to an aromatic ring is 1. The molecule has 0 bridgehead atoms. The molecular weight excluding hydrogens is 254 g/mol. The van der Waals surface area contributed by atoms with Gasteiger partial charge in [-0.3, -0.25) is 4.90 Å². The van der Waals surface area contributed by atoms with Crippen LogP contribution in [0.4, 0.5) is 5.82 Å². The third-order valence-corrected chi connectivity index (χ3v) is 3.57. The van der Waals surface area contributed by atoms with Crippen molar-refractivity contribution in [2.75, 3.05) is 12.8 Å². The van der Waals surface area contributed by atoms with Crippen molar-refractivity contribution < 1.29 is 0 Å². The van der Waals surface area contributed by atoms with Crippen molar-refractivity contribution in [3.8, 4) is 0 Å². The van der Waals surface area contributed by atoms with E-state index >= 15 is 0 Å². The number of nitrogens with zero attached hydrogens (tertiary/aromatic N) is 2. The monoisotopic (exact) mass is 267 g/mol. The van der Waals surface area contributed by atoms with Gasteiger partial charge in [0.1, 0.15) is 5.82 Å². The highest BCUT2D eigenvalue weighted by Crippen LogP contribution is 2.18. The Balaban J connectivity index is 2.02. The van der Waals surface area contributed by atoms with Crippen LogP contribution in [0.2, 0.25) is 5.02 Å². The number of halogens is 1. The van der Waals surface area contributed by atoms with E-state index < -0.39 is 0 Å². The Kier molecular flexibility index (Phi) is 3.99. The van der Waals surface area contributed by atoms with Crippen molar-refractivity contribution in [1.82, 2.24) is 9.88 Å². The van der Waals surface area contributed by atoms with E-state index in [0.29, 0.717) is 17.4 Å². The average Bonchev–Trinajstić information content (AvgIpc) is 2.76. The first-order valence-electron chi connectivity index (χ1n) is 5.27. The van der Waals surface area contributed by atoms with E-state index in [1.807, 2.05) is 7.05 Å². The molecule has 2 N–H and O–H groups in total. The van der Waals surface area contributed by atoms with Crippen LogP contribution in [0.15, 0.2) is 29.6 Å². The maximum absolute atomic E-state index is 6.08. The Bertz CT molecular complexity index is 485. The summed E-state index contributed by atoms with van der Waals surface area (Å²) in [5.74, 6) is 0.508. The van der Waals surface area contributed by atoms with E-state index in [0.717, 1.165) is 12.2 Å². The lowest BCUT2D eigenvalue weighted by Crippen LogP contribution is -2.18. The molecule has 0 fully saturated rings. The van der Waals surface area contributed by atoms with Gasteiger partial charge in [0.05, 0.1) is 10.7 Å². The van der Waals surface area contributed by atoms with E-state index in [4.69, 9.17) is 17.3 Å². The maximum atomic E-state index is 6.08. The molecule has 0 amide bonds. The molecule has 0 aliphatic heterocycles. The van der Waals surface area contributed by atoms with Gasteiger partial charge < -0.3 is 5.73 Å². The maximum Gasteiger partial charge on any atom is 0.123 e. The summed E-state index contributed by atoms with van der Waals surface area (Å²) in [4.78, 5) is 7.74. The van der Waals surface area contributed by atoms with Crippen LogP contribution in [0.3, 0.4) is 0 Å². The molecule has 0 aliphatic carbocycles. The van der Waals surface area contributed by atoms with Crippen molar-refractivity contribution in [3.63, 3.8) is 0 Å². The third-order valence-electron chi connectivity index (χ3n) is 2.37. The SMILES string of the molecule is CN(Cc1cccs1)Cc1nc(N)ccc1Cl. The Hall–Kier alpha value is -1.10. The first-order valence-corrected chi connectivity index (χ1v) is 6.53. The zero-order chi connectivity index (χ0) is 12.3. The molecule has 5 heteroatoms.